The van der Waals surface area contributed by atoms with Crippen LogP contribution < -0.4 is 0 Å². The maximum absolute atomic E-state index is 13.1. The SMILES string of the molecule is CCCCC/C=C\C/C=C\CCCCCCCCCCCC(=O)OC(COC(=O)CCCCCCCCCCCCCCCCCCCC)COC1OC(COC2OC(CO)C(O)C(O)C2O)C(O)C(O)C1O. The zero-order valence-electron chi connectivity index (χ0n) is 45.6. The monoisotopic (exact) mass is 1040 g/mol. The predicted octanol–water partition coefficient (Wildman–Crippen LogP) is 9.89. The van der Waals surface area contributed by atoms with Crippen LogP contribution >= 0.6 is 0 Å². The van der Waals surface area contributed by atoms with Gasteiger partial charge in [0.05, 0.1) is 19.8 Å². The average Bonchev–Trinajstić information content (AvgIpc) is 3.38. The third-order valence-electron chi connectivity index (χ3n) is 14.2. The molecular formula is C58H106O15. The van der Waals surface area contributed by atoms with E-state index in [0.29, 0.717) is 12.8 Å². The Morgan fingerprint density at radius 1 is 0.438 bits per heavy atom. The quantitative estimate of drug-likeness (QED) is 0.0171. The zero-order valence-corrected chi connectivity index (χ0v) is 45.6. The maximum atomic E-state index is 13.1. The van der Waals surface area contributed by atoms with Gasteiger partial charge in [-0.05, 0) is 44.9 Å². The molecule has 11 unspecified atom stereocenters. The molecule has 0 saturated carbocycles. The van der Waals surface area contributed by atoms with Gasteiger partial charge in [-0.2, -0.15) is 0 Å². The number of hydrogen-bond donors (Lipinski definition) is 7. The van der Waals surface area contributed by atoms with Crippen LogP contribution in [0.3, 0.4) is 0 Å². The van der Waals surface area contributed by atoms with Crippen molar-refractivity contribution < 1.29 is 73.8 Å². The number of carbonyl (C=O) groups excluding carboxylic acids is 2. The summed E-state index contributed by atoms with van der Waals surface area (Å²) in [7, 11) is 0. The molecule has 73 heavy (non-hydrogen) atoms. The number of carbonyl (C=O) groups is 2. The normalized spacial score (nSPS) is 24.9. The summed E-state index contributed by atoms with van der Waals surface area (Å²) in [5.41, 5.74) is 0. The number of allylic oxidation sites excluding steroid dienone is 4. The lowest BCUT2D eigenvalue weighted by atomic mass is 9.98. The molecule has 0 amide bonds. The molecule has 2 saturated heterocycles. The minimum atomic E-state index is -1.76. The molecule has 0 bridgehead atoms. The second-order valence-electron chi connectivity index (χ2n) is 20.8. The van der Waals surface area contributed by atoms with E-state index < -0.39 is 92.7 Å². The molecule has 0 aromatic heterocycles. The van der Waals surface area contributed by atoms with Gasteiger partial charge >= 0.3 is 11.9 Å². The predicted molar refractivity (Wildman–Crippen MR) is 284 cm³/mol. The smallest absolute Gasteiger partial charge is 0.306 e. The molecule has 15 heteroatoms. The molecule has 2 fully saturated rings. The number of rotatable bonds is 47. The Balaban J connectivity index is 1.75. The Morgan fingerprint density at radius 3 is 1.30 bits per heavy atom. The van der Waals surface area contributed by atoms with Gasteiger partial charge in [0.1, 0.15) is 55.4 Å². The third-order valence-corrected chi connectivity index (χ3v) is 14.2. The number of unbranched alkanes of at least 4 members (excludes halogenated alkanes) is 29. The Labute approximate surface area is 441 Å². The van der Waals surface area contributed by atoms with Crippen LogP contribution in [0.25, 0.3) is 0 Å². The Morgan fingerprint density at radius 2 is 0.822 bits per heavy atom. The molecule has 2 aliphatic heterocycles. The van der Waals surface area contributed by atoms with Gasteiger partial charge < -0.3 is 64.2 Å². The standard InChI is InChI=1S/C58H106O15/c1-3-5-7-9-11-13-15-17-19-21-23-25-27-29-31-33-35-37-39-41-50(61)71-46(43-68-49(60)40-38-36-34-32-30-28-26-24-22-20-18-16-14-12-10-8-6-4-2)44-69-57-56(67)54(65)52(63)48(73-57)45-70-58-55(66)53(64)51(62)47(42-59)72-58/h11,13,17,19,46-48,51-59,62-67H,3-10,12,14-16,18,20-45H2,1-2H3/b13-11-,19-17-. The van der Waals surface area contributed by atoms with E-state index in [1.54, 1.807) is 0 Å². The van der Waals surface area contributed by atoms with Crippen molar-refractivity contribution in [3.63, 3.8) is 0 Å². The van der Waals surface area contributed by atoms with Gasteiger partial charge in [-0.15, -0.1) is 0 Å². The first-order chi connectivity index (χ1) is 35.5. The van der Waals surface area contributed by atoms with Crippen LogP contribution in [0.4, 0.5) is 0 Å². The Hall–Kier alpha value is -2.02. The van der Waals surface area contributed by atoms with Crippen molar-refractivity contribution in [2.24, 2.45) is 0 Å². The first-order valence-electron chi connectivity index (χ1n) is 29.4. The fraction of sp³-hybridized carbons (Fsp3) is 0.897. The van der Waals surface area contributed by atoms with E-state index >= 15 is 0 Å². The Bertz CT molecular complexity index is 1360. The molecule has 2 aliphatic rings. The van der Waals surface area contributed by atoms with Gasteiger partial charge in [-0.1, -0.05) is 205 Å². The number of aliphatic hydroxyl groups excluding tert-OH is 7. The third kappa shape index (κ3) is 32.4. The van der Waals surface area contributed by atoms with Crippen LogP contribution in [0, 0.1) is 0 Å². The van der Waals surface area contributed by atoms with Gasteiger partial charge in [0, 0.05) is 12.8 Å². The lowest BCUT2D eigenvalue weighted by Gasteiger charge is -2.42. The highest BCUT2D eigenvalue weighted by Crippen LogP contribution is 2.27. The van der Waals surface area contributed by atoms with Crippen LogP contribution in [-0.2, 0) is 38.0 Å². The molecule has 0 aromatic rings. The van der Waals surface area contributed by atoms with E-state index in [0.717, 1.165) is 57.8 Å². The molecule has 0 aromatic carbocycles. The van der Waals surface area contributed by atoms with Crippen molar-refractivity contribution in [3.05, 3.63) is 24.3 Å². The summed E-state index contributed by atoms with van der Waals surface area (Å²) in [6.45, 7) is 2.61. The highest BCUT2D eigenvalue weighted by Gasteiger charge is 2.47. The number of ether oxygens (including phenoxy) is 6. The summed E-state index contributed by atoms with van der Waals surface area (Å²) in [6.07, 6.45) is 31.9. The molecule has 15 nitrogen and oxygen atoms in total. The van der Waals surface area contributed by atoms with E-state index in [1.165, 1.54) is 141 Å². The van der Waals surface area contributed by atoms with Crippen molar-refractivity contribution in [3.8, 4) is 0 Å². The lowest BCUT2D eigenvalue weighted by Crippen LogP contribution is -2.61. The minimum absolute atomic E-state index is 0.163. The first kappa shape index (κ1) is 67.1. The van der Waals surface area contributed by atoms with Crippen LogP contribution in [0.1, 0.15) is 239 Å². The molecule has 2 rings (SSSR count). The van der Waals surface area contributed by atoms with Crippen LogP contribution in [-0.4, -0.2) is 142 Å². The first-order valence-corrected chi connectivity index (χ1v) is 29.4. The largest absolute Gasteiger partial charge is 0.462 e. The van der Waals surface area contributed by atoms with E-state index in [1.807, 2.05) is 0 Å². The topological polar surface area (TPSA) is 231 Å². The molecule has 0 aliphatic carbocycles. The number of esters is 2. The van der Waals surface area contributed by atoms with Crippen molar-refractivity contribution in [1.29, 1.82) is 0 Å². The van der Waals surface area contributed by atoms with Crippen molar-refractivity contribution in [1.82, 2.24) is 0 Å². The van der Waals surface area contributed by atoms with Crippen molar-refractivity contribution in [2.75, 3.05) is 26.4 Å². The molecule has 2 heterocycles. The summed E-state index contributed by atoms with van der Waals surface area (Å²) < 4.78 is 33.7. The van der Waals surface area contributed by atoms with Gasteiger partial charge in [-0.25, -0.2) is 0 Å². The van der Waals surface area contributed by atoms with Crippen LogP contribution in [0.15, 0.2) is 24.3 Å². The zero-order chi connectivity index (χ0) is 53.2. The van der Waals surface area contributed by atoms with Crippen LogP contribution in [0.2, 0.25) is 0 Å². The molecule has 0 radical (unpaired) electrons. The maximum Gasteiger partial charge on any atom is 0.306 e. The fourth-order valence-corrected chi connectivity index (χ4v) is 9.37. The van der Waals surface area contributed by atoms with Crippen molar-refractivity contribution >= 4 is 11.9 Å². The van der Waals surface area contributed by atoms with Crippen LogP contribution in [0.5, 0.6) is 0 Å². The van der Waals surface area contributed by atoms with Gasteiger partial charge in [0.2, 0.25) is 0 Å². The van der Waals surface area contributed by atoms with E-state index in [4.69, 9.17) is 28.4 Å². The second kappa shape index (κ2) is 45.0. The minimum Gasteiger partial charge on any atom is -0.462 e. The average molecular weight is 1040 g/mol. The molecule has 0 spiro atoms. The summed E-state index contributed by atoms with van der Waals surface area (Å²) in [6, 6.07) is 0. The summed E-state index contributed by atoms with van der Waals surface area (Å²) in [5.74, 6) is -0.916. The number of hydrogen-bond acceptors (Lipinski definition) is 15. The molecule has 11 atom stereocenters. The van der Waals surface area contributed by atoms with Gasteiger partial charge in [0.25, 0.3) is 0 Å². The van der Waals surface area contributed by atoms with Crippen molar-refractivity contribution in [2.45, 2.75) is 306 Å². The van der Waals surface area contributed by atoms with E-state index in [2.05, 4.69) is 38.2 Å². The fourth-order valence-electron chi connectivity index (χ4n) is 9.37. The summed E-state index contributed by atoms with van der Waals surface area (Å²) in [4.78, 5) is 25.9. The number of aliphatic hydroxyl groups is 7. The highest BCUT2D eigenvalue weighted by atomic mass is 16.7. The summed E-state index contributed by atoms with van der Waals surface area (Å²) in [5, 5.41) is 72.3. The molecule has 7 N–H and O–H groups in total. The lowest BCUT2D eigenvalue weighted by molar-refractivity contribution is -0.332. The van der Waals surface area contributed by atoms with Gasteiger partial charge in [0.15, 0.2) is 18.7 Å². The van der Waals surface area contributed by atoms with E-state index in [9.17, 15) is 45.3 Å². The highest BCUT2D eigenvalue weighted by molar-refractivity contribution is 5.70. The van der Waals surface area contributed by atoms with E-state index in [-0.39, 0.29) is 26.1 Å². The second-order valence-corrected chi connectivity index (χ2v) is 20.8. The van der Waals surface area contributed by atoms with Gasteiger partial charge in [-0.3, -0.25) is 9.59 Å². The Kier molecular flexibility index (Phi) is 41.4. The molecular weight excluding hydrogens is 937 g/mol. The molecule has 428 valence electrons. The summed E-state index contributed by atoms with van der Waals surface area (Å²) >= 11 is 0.